The molecule has 0 aliphatic heterocycles. The van der Waals surface area contributed by atoms with Crippen molar-refractivity contribution in [3.8, 4) is 22.3 Å². The molecular weight excluding hydrogens is 352 g/mol. The molecule has 0 amide bonds. The average Bonchev–Trinajstić information content (AvgIpc) is 2.72. The van der Waals surface area contributed by atoms with E-state index >= 15 is 0 Å². The Balaban J connectivity index is 1.92. The van der Waals surface area contributed by atoms with Gasteiger partial charge in [-0.1, -0.05) is 60.7 Å². The van der Waals surface area contributed by atoms with Crippen molar-refractivity contribution in [2.45, 2.75) is 0 Å². The van der Waals surface area contributed by atoms with Gasteiger partial charge < -0.3 is 8.83 Å². The topological polar surface area (TPSA) is 60.4 Å². The van der Waals surface area contributed by atoms with Crippen molar-refractivity contribution in [3.63, 3.8) is 0 Å². The fourth-order valence-electron chi connectivity index (χ4n) is 3.53. The molecule has 0 spiro atoms. The van der Waals surface area contributed by atoms with Crippen LogP contribution in [0.4, 0.5) is 0 Å². The Hall–Kier alpha value is -3.92. The van der Waals surface area contributed by atoms with Gasteiger partial charge in [-0.05, 0) is 28.3 Å². The van der Waals surface area contributed by atoms with E-state index in [2.05, 4.69) is 0 Å². The van der Waals surface area contributed by atoms with Crippen LogP contribution in [0, 0.1) is 0 Å². The first kappa shape index (κ1) is 16.3. The zero-order chi connectivity index (χ0) is 19.1. The van der Waals surface area contributed by atoms with Gasteiger partial charge in [-0.2, -0.15) is 0 Å². The minimum atomic E-state index is -0.452. The minimum absolute atomic E-state index is 0.382. The Morgan fingerprint density at radius 3 is 1.36 bits per heavy atom. The van der Waals surface area contributed by atoms with Crippen molar-refractivity contribution in [2.24, 2.45) is 0 Å². The molecule has 134 valence electrons. The first-order chi connectivity index (χ1) is 13.7. The summed E-state index contributed by atoms with van der Waals surface area (Å²) < 4.78 is 10.8. The SMILES string of the molecule is O=c1cc(-c2ccccc2)c2cc3c(-c4ccccc4)cc(=O)oc3cc2o1. The maximum Gasteiger partial charge on any atom is 0.336 e. The second-order valence-electron chi connectivity index (χ2n) is 6.53. The second-order valence-corrected chi connectivity index (χ2v) is 6.53. The Labute approximate surface area is 159 Å². The molecule has 4 heteroatoms. The lowest BCUT2D eigenvalue weighted by Crippen LogP contribution is -2.01. The normalized spacial score (nSPS) is 11.1. The lowest BCUT2D eigenvalue weighted by Gasteiger charge is -2.09. The van der Waals surface area contributed by atoms with Crippen LogP contribution in [0.15, 0.2) is 103 Å². The van der Waals surface area contributed by atoms with E-state index in [4.69, 9.17) is 8.83 Å². The van der Waals surface area contributed by atoms with E-state index in [1.165, 1.54) is 12.1 Å². The van der Waals surface area contributed by atoms with E-state index in [-0.39, 0.29) is 0 Å². The van der Waals surface area contributed by atoms with Gasteiger partial charge in [-0.25, -0.2) is 9.59 Å². The predicted octanol–water partition coefficient (Wildman–Crippen LogP) is 5.23. The number of rotatable bonds is 2. The molecule has 0 saturated heterocycles. The van der Waals surface area contributed by atoms with E-state index in [1.54, 1.807) is 6.07 Å². The second kappa shape index (κ2) is 6.35. The van der Waals surface area contributed by atoms with Gasteiger partial charge >= 0.3 is 11.3 Å². The van der Waals surface area contributed by atoms with Crippen LogP contribution >= 0.6 is 0 Å². The van der Waals surface area contributed by atoms with Crippen molar-refractivity contribution < 1.29 is 8.83 Å². The third-order valence-corrected chi connectivity index (χ3v) is 4.78. The molecule has 5 rings (SSSR count). The first-order valence-corrected chi connectivity index (χ1v) is 8.86. The maximum atomic E-state index is 12.1. The van der Waals surface area contributed by atoms with Crippen molar-refractivity contribution >= 4 is 21.9 Å². The van der Waals surface area contributed by atoms with E-state index in [0.717, 1.165) is 33.0 Å². The quantitative estimate of drug-likeness (QED) is 0.317. The molecule has 0 N–H and O–H groups in total. The van der Waals surface area contributed by atoms with Crippen LogP contribution in [0.2, 0.25) is 0 Å². The van der Waals surface area contributed by atoms with Gasteiger partial charge in [-0.15, -0.1) is 0 Å². The summed E-state index contributed by atoms with van der Waals surface area (Å²) in [6, 6.07) is 25.8. The van der Waals surface area contributed by atoms with E-state index < -0.39 is 11.3 Å². The van der Waals surface area contributed by atoms with Crippen LogP contribution < -0.4 is 11.3 Å². The summed E-state index contributed by atoms with van der Waals surface area (Å²) in [6.07, 6.45) is 0. The third kappa shape index (κ3) is 2.72. The summed E-state index contributed by atoms with van der Waals surface area (Å²) in [6.45, 7) is 0. The van der Waals surface area contributed by atoms with Gasteiger partial charge in [0, 0.05) is 29.0 Å². The highest BCUT2D eigenvalue weighted by atomic mass is 16.4. The lowest BCUT2D eigenvalue weighted by molar-refractivity contribution is 0.550. The zero-order valence-corrected chi connectivity index (χ0v) is 14.7. The summed E-state index contributed by atoms with van der Waals surface area (Å²) in [7, 11) is 0. The molecule has 2 heterocycles. The molecule has 0 bridgehead atoms. The summed E-state index contributed by atoms with van der Waals surface area (Å²) >= 11 is 0. The monoisotopic (exact) mass is 366 g/mol. The highest BCUT2D eigenvalue weighted by Gasteiger charge is 2.14. The fourth-order valence-corrected chi connectivity index (χ4v) is 3.53. The summed E-state index contributed by atoms with van der Waals surface area (Å²) in [5, 5.41) is 1.56. The minimum Gasteiger partial charge on any atom is -0.423 e. The van der Waals surface area contributed by atoms with Gasteiger partial charge in [0.2, 0.25) is 0 Å². The van der Waals surface area contributed by atoms with Crippen LogP contribution in [0.3, 0.4) is 0 Å². The molecule has 0 fully saturated rings. The molecule has 5 aromatic rings. The molecule has 0 saturated carbocycles. The van der Waals surface area contributed by atoms with Gasteiger partial charge in [0.25, 0.3) is 0 Å². The average molecular weight is 366 g/mol. The number of hydrogen-bond acceptors (Lipinski definition) is 4. The zero-order valence-electron chi connectivity index (χ0n) is 14.7. The van der Waals surface area contributed by atoms with Crippen molar-refractivity contribution in [1.82, 2.24) is 0 Å². The van der Waals surface area contributed by atoms with Crippen molar-refractivity contribution in [2.75, 3.05) is 0 Å². The van der Waals surface area contributed by atoms with Gasteiger partial charge in [0.15, 0.2) is 0 Å². The van der Waals surface area contributed by atoms with Gasteiger partial charge in [-0.3, -0.25) is 0 Å². The van der Waals surface area contributed by atoms with Gasteiger partial charge in [0.1, 0.15) is 11.2 Å². The van der Waals surface area contributed by atoms with E-state index in [9.17, 15) is 9.59 Å². The predicted molar refractivity (Wildman–Crippen MR) is 109 cm³/mol. The molecule has 0 unspecified atom stereocenters. The van der Waals surface area contributed by atoms with Crippen LogP contribution in [0.1, 0.15) is 0 Å². The highest BCUT2D eigenvalue weighted by Crippen LogP contribution is 2.34. The highest BCUT2D eigenvalue weighted by molar-refractivity contribution is 6.05. The third-order valence-electron chi connectivity index (χ3n) is 4.78. The fraction of sp³-hybridized carbons (Fsp3) is 0. The number of hydrogen-bond donors (Lipinski definition) is 0. The molecule has 0 radical (unpaired) electrons. The Morgan fingerprint density at radius 1 is 0.500 bits per heavy atom. The van der Waals surface area contributed by atoms with Crippen molar-refractivity contribution in [3.05, 3.63) is 106 Å². The van der Waals surface area contributed by atoms with Crippen LogP contribution in [0.5, 0.6) is 0 Å². The Morgan fingerprint density at radius 2 is 0.929 bits per heavy atom. The molecule has 0 aliphatic carbocycles. The van der Waals surface area contributed by atoms with Crippen LogP contribution in [0.25, 0.3) is 44.2 Å². The van der Waals surface area contributed by atoms with Gasteiger partial charge in [0.05, 0.1) is 0 Å². The molecule has 3 aromatic carbocycles. The molecule has 0 aliphatic rings. The first-order valence-electron chi connectivity index (χ1n) is 8.86. The van der Waals surface area contributed by atoms with Crippen LogP contribution in [-0.4, -0.2) is 0 Å². The van der Waals surface area contributed by atoms with Crippen LogP contribution in [-0.2, 0) is 0 Å². The van der Waals surface area contributed by atoms with E-state index in [1.807, 2.05) is 66.7 Å². The number of benzene rings is 3. The van der Waals surface area contributed by atoms with Crippen molar-refractivity contribution in [1.29, 1.82) is 0 Å². The Bertz CT molecular complexity index is 1320. The molecule has 2 aromatic heterocycles. The molecule has 28 heavy (non-hydrogen) atoms. The molecule has 0 atom stereocenters. The summed E-state index contributed by atoms with van der Waals surface area (Å²) in [4.78, 5) is 24.2. The Kier molecular flexibility index (Phi) is 3.69. The smallest absolute Gasteiger partial charge is 0.336 e. The largest absolute Gasteiger partial charge is 0.423 e. The van der Waals surface area contributed by atoms with E-state index in [0.29, 0.717) is 11.2 Å². The maximum absolute atomic E-state index is 12.1. The standard InChI is InChI=1S/C24H14O4/c25-23-12-17(15-7-3-1-4-8-15)19-11-20-18(16-9-5-2-6-10-16)13-24(26)28-22(20)14-21(19)27-23/h1-14H. The summed E-state index contributed by atoms with van der Waals surface area (Å²) in [5.41, 5.74) is 3.24. The summed E-state index contributed by atoms with van der Waals surface area (Å²) in [5.74, 6) is 0. The number of fused-ring (bicyclic) bond motifs is 2. The molecule has 4 nitrogen and oxygen atoms in total. The molecular formula is C24H14O4. The lowest BCUT2D eigenvalue weighted by atomic mass is 9.97.